The first-order valence-electron chi connectivity index (χ1n) is 8.71. The maximum absolute atomic E-state index is 12.2. The summed E-state index contributed by atoms with van der Waals surface area (Å²) >= 11 is 0. The van der Waals surface area contributed by atoms with E-state index in [2.05, 4.69) is 15.7 Å². The lowest BCUT2D eigenvalue weighted by atomic mass is 10.1. The smallest absolute Gasteiger partial charge is 0.315 e. The van der Waals surface area contributed by atoms with Crippen LogP contribution >= 0.6 is 0 Å². The molecule has 0 fully saturated rings. The summed E-state index contributed by atoms with van der Waals surface area (Å²) in [6.45, 7) is 0.528. The molecule has 3 aromatic rings. The van der Waals surface area contributed by atoms with Crippen LogP contribution in [0.2, 0.25) is 0 Å². The van der Waals surface area contributed by atoms with Gasteiger partial charge in [0.25, 0.3) is 5.56 Å². The fourth-order valence-corrected chi connectivity index (χ4v) is 2.91. The van der Waals surface area contributed by atoms with Gasteiger partial charge in [-0.2, -0.15) is 5.10 Å². The van der Waals surface area contributed by atoms with Crippen molar-refractivity contribution in [2.24, 2.45) is 7.05 Å². The van der Waals surface area contributed by atoms with Gasteiger partial charge in [-0.05, 0) is 23.8 Å². The van der Waals surface area contributed by atoms with E-state index in [1.165, 1.54) is 4.68 Å². The van der Waals surface area contributed by atoms with E-state index < -0.39 is 0 Å². The van der Waals surface area contributed by atoms with Crippen molar-refractivity contribution in [1.82, 2.24) is 20.4 Å². The molecule has 0 spiro atoms. The Morgan fingerprint density at radius 3 is 2.39 bits per heavy atom. The Bertz CT molecular complexity index is 1060. The van der Waals surface area contributed by atoms with Gasteiger partial charge >= 0.3 is 6.03 Å². The number of methoxy groups -OCH3 is 2. The zero-order valence-corrected chi connectivity index (χ0v) is 16.0. The number of urea groups is 1. The van der Waals surface area contributed by atoms with E-state index >= 15 is 0 Å². The molecule has 2 aromatic carbocycles. The number of aromatic nitrogens is 2. The standard InChI is InChI=1S/C20H22N4O4/c1-24-19(25)15-7-5-4-6-14(15)16(23-24)12-22-20(26)21-11-13-8-9-17(27-2)18(10-13)28-3/h4-10H,11-12H2,1-3H3,(H2,21,22,26). The third-order valence-electron chi connectivity index (χ3n) is 4.35. The van der Waals surface area contributed by atoms with Gasteiger partial charge in [-0.15, -0.1) is 0 Å². The van der Waals surface area contributed by atoms with Gasteiger partial charge in [0.15, 0.2) is 11.5 Å². The zero-order chi connectivity index (χ0) is 20.1. The third kappa shape index (κ3) is 4.06. The number of amides is 2. The molecule has 0 aliphatic heterocycles. The molecule has 28 heavy (non-hydrogen) atoms. The Balaban J connectivity index is 1.65. The molecule has 0 bridgehead atoms. The van der Waals surface area contributed by atoms with Gasteiger partial charge in [0, 0.05) is 19.0 Å². The van der Waals surface area contributed by atoms with Crippen molar-refractivity contribution in [3.8, 4) is 11.5 Å². The van der Waals surface area contributed by atoms with E-state index in [9.17, 15) is 9.59 Å². The first-order valence-corrected chi connectivity index (χ1v) is 8.71. The molecule has 1 heterocycles. The molecule has 2 N–H and O–H groups in total. The van der Waals surface area contributed by atoms with Crippen LogP contribution in [0.25, 0.3) is 10.8 Å². The number of hydrogen-bond acceptors (Lipinski definition) is 5. The molecular formula is C20H22N4O4. The van der Waals surface area contributed by atoms with E-state index in [1.807, 2.05) is 18.2 Å². The summed E-state index contributed by atoms with van der Waals surface area (Å²) in [7, 11) is 4.72. The first-order chi connectivity index (χ1) is 13.5. The second kappa shape index (κ2) is 8.43. The lowest BCUT2D eigenvalue weighted by molar-refractivity contribution is 0.240. The molecule has 0 unspecified atom stereocenters. The molecule has 1 aromatic heterocycles. The minimum atomic E-state index is -0.338. The van der Waals surface area contributed by atoms with Gasteiger partial charge in [-0.25, -0.2) is 9.48 Å². The van der Waals surface area contributed by atoms with Gasteiger partial charge in [-0.1, -0.05) is 24.3 Å². The fourth-order valence-electron chi connectivity index (χ4n) is 2.91. The Morgan fingerprint density at radius 2 is 1.68 bits per heavy atom. The predicted octanol–water partition coefficient (Wildman–Crippen LogP) is 1.95. The van der Waals surface area contributed by atoms with E-state index in [0.29, 0.717) is 29.1 Å². The second-order valence-corrected chi connectivity index (χ2v) is 6.15. The number of benzene rings is 2. The number of nitrogens with zero attached hydrogens (tertiary/aromatic N) is 2. The monoisotopic (exact) mass is 382 g/mol. The number of hydrogen-bond donors (Lipinski definition) is 2. The van der Waals surface area contributed by atoms with Gasteiger partial charge in [-0.3, -0.25) is 4.79 Å². The molecule has 8 heteroatoms. The van der Waals surface area contributed by atoms with Crippen LogP contribution in [0.15, 0.2) is 47.3 Å². The molecule has 3 rings (SSSR count). The van der Waals surface area contributed by atoms with Gasteiger partial charge < -0.3 is 20.1 Å². The normalized spacial score (nSPS) is 10.5. The largest absolute Gasteiger partial charge is 0.493 e. The van der Waals surface area contributed by atoms with Crippen molar-refractivity contribution < 1.29 is 14.3 Å². The van der Waals surface area contributed by atoms with Crippen LogP contribution in [-0.2, 0) is 20.1 Å². The topological polar surface area (TPSA) is 94.5 Å². The fraction of sp³-hybridized carbons (Fsp3) is 0.250. The van der Waals surface area contributed by atoms with Gasteiger partial charge in [0.05, 0.1) is 31.8 Å². The number of ether oxygens (including phenoxy) is 2. The van der Waals surface area contributed by atoms with Crippen molar-refractivity contribution in [2.75, 3.05) is 14.2 Å². The number of aryl methyl sites for hydroxylation is 1. The highest BCUT2D eigenvalue weighted by atomic mass is 16.5. The lowest BCUT2D eigenvalue weighted by Gasteiger charge is -2.12. The molecule has 0 aliphatic rings. The Labute approximate surface area is 162 Å². The molecular weight excluding hydrogens is 360 g/mol. The maximum atomic E-state index is 12.2. The van der Waals surface area contributed by atoms with Crippen molar-refractivity contribution in [1.29, 1.82) is 0 Å². The number of carbonyl (C=O) groups excluding carboxylic acids is 1. The number of fused-ring (bicyclic) bond motifs is 1. The van der Waals surface area contributed by atoms with Crippen LogP contribution in [0.4, 0.5) is 4.79 Å². The molecule has 0 aliphatic carbocycles. The molecule has 8 nitrogen and oxygen atoms in total. The molecule has 2 amide bonds. The summed E-state index contributed by atoms with van der Waals surface area (Å²) in [5.74, 6) is 1.23. The molecule has 0 radical (unpaired) electrons. The molecule has 0 saturated heterocycles. The van der Waals surface area contributed by atoms with Gasteiger partial charge in [0.2, 0.25) is 0 Å². The Kier molecular flexibility index (Phi) is 5.78. The molecule has 146 valence electrons. The number of rotatable bonds is 6. The SMILES string of the molecule is COc1ccc(CNC(=O)NCc2nn(C)c(=O)c3ccccc23)cc1OC. The minimum absolute atomic E-state index is 0.169. The van der Waals surface area contributed by atoms with Crippen molar-refractivity contribution in [3.63, 3.8) is 0 Å². The average molecular weight is 382 g/mol. The third-order valence-corrected chi connectivity index (χ3v) is 4.35. The average Bonchev–Trinajstić information content (AvgIpc) is 2.73. The highest BCUT2D eigenvalue weighted by molar-refractivity contribution is 5.84. The predicted molar refractivity (Wildman–Crippen MR) is 106 cm³/mol. The second-order valence-electron chi connectivity index (χ2n) is 6.15. The quantitative estimate of drug-likeness (QED) is 0.680. The number of carbonyl (C=O) groups is 1. The van der Waals surface area contributed by atoms with Crippen molar-refractivity contribution in [3.05, 3.63) is 64.1 Å². The minimum Gasteiger partial charge on any atom is -0.493 e. The van der Waals surface area contributed by atoms with Crippen molar-refractivity contribution >= 4 is 16.8 Å². The summed E-state index contributed by atoms with van der Waals surface area (Å²) in [6, 6.07) is 12.3. The van der Waals surface area contributed by atoms with Crippen LogP contribution < -0.4 is 25.7 Å². The Hall–Kier alpha value is -3.55. The van der Waals surface area contributed by atoms with Crippen LogP contribution in [0.5, 0.6) is 11.5 Å². The zero-order valence-electron chi connectivity index (χ0n) is 16.0. The maximum Gasteiger partial charge on any atom is 0.315 e. The van der Waals surface area contributed by atoms with E-state index in [-0.39, 0.29) is 18.1 Å². The summed E-state index contributed by atoms with van der Waals surface area (Å²) in [6.07, 6.45) is 0. The summed E-state index contributed by atoms with van der Waals surface area (Å²) in [5.41, 5.74) is 1.33. The van der Waals surface area contributed by atoms with Crippen LogP contribution in [0, 0.1) is 0 Å². The van der Waals surface area contributed by atoms with Crippen LogP contribution in [-0.4, -0.2) is 30.0 Å². The van der Waals surface area contributed by atoms with E-state index in [1.54, 1.807) is 45.5 Å². The van der Waals surface area contributed by atoms with Crippen LogP contribution in [0.1, 0.15) is 11.3 Å². The van der Waals surface area contributed by atoms with E-state index in [4.69, 9.17) is 9.47 Å². The summed E-state index contributed by atoms with van der Waals surface area (Å²) < 4.78 is 11.7. The van der Waals surface area contributed by atoms with Gasteiger partial charge in [0.1, 0.15) is 0 Å². The highest BCUT2D eigenvalue weighted by Gasteiger charge is 2.10. The van der Waals surface area contributed by atoms with Crippen LogP contribution in [0.3, 0.4) is 0 Å². The van der Waals surface area contributed by atoms with Crippen molar-refractivity contribution in [2.45, 2.75) is 13.1 Å². The summed E-state index contributed by atoms with van der Waals surface area (Å²) in [4.78, 5) is 24.3. The summed E-state index contributed by atoms with van der Waals surface area (Å²) in [5, 5.41) is 11.1. The lowest BCUT2D eigenvalue weighted by Crippen LogP contribution is -2.35. The molecule has 0 atom stereocenters. The first kappa shape index (κ1) is 19.2. The highest BCUT2D eigenvalue weighted by Crippen LogP contribution is 2.27. The molecule has 0 saturated carbocycles. The Morgan fingerprint density at radius 1 is 1.00 bits per heavy atom. The van der Waals surface area contributed by atoms with E-state index in [0.717, 1.165) is 10.9 Å². The number of nitrogens with one attached hydrogen (secondary N) is 2.